The highest BCUT2D eigenvalue weighted by molar-refractivity contribution is 5.01. The van der Waals surface area contributed by atoms with E-state index >= 15 is 0 Å². The fourth-order valence-electron chi connectivity index (χ4n) is 2.13. The SMILES string of the molecule is CCNC(Cc1ccn(C)n1)CC1OCCO1. The van der Waals surface area contributed by atoms with Crippen LogP contribution in [0.3, 0.4) is 0 Å². The predicted molar refractivity (Wildman–Crippen MR) is 64.7 cm³/mol. The van der Waals surface area contributed by atoms with Crippen molar-refractivity contribution in [1.29, 1.82) is 0 Å². The van der Waals surface area contributed by atoms with Crippen LogP contribution in [-0.2, 0) is 22.9 Å². The van der Waals surface area contributed by atoms with Crippen molar-refractivity contribution in [2.75, 3.05) is 19.8 Å². The molecule has 17 heavy (non-hydrogen) atoms. The zero-order valence-corrected chi connectivity index (χ0v) is 10.6. The van der Waals surface area contributed by atoms with Crippen molar-refractivity contribution in [2.45, 2.75) is 32.1 Å². The lowest BCUT2D eigenvalue weighted by Gasteiger charge is -2.19. The highest BCUT2D eigenvalue weighted by Gasteiger charge is 2.21. The van der Waals surface area contributed by atoms with Crippen LogP contribution in [0.4, 0.5) is 0 Å². The molecule has 2 rings (SSSR count). The van der Waals surface area contributed by atoms with Gasteiger partial charge in [-0.15, -0.1) is 0 Å². The van der Waals surface area contributed by atoms with Gasteiger partial charge in [-0.1, -0.05) is 6.92 Å². The minimum absolute atomic E-state index is 0.0530. The summed E-state index contributed by atoms with van der Waals surface area (Å²) in [7, 11) is 1.94. The Bertz CT molecular complexity index is 334. The molecule has 0 radical (unpaired) electrons. The number of likely N-dealkylation sites (N-methyl/N-ethyl adjacent to an activating group) is 1. The molecule has 0 spiro atoms. The van der Waals surface area contributed by atoms with Crippen LogP contribution in [0.15, 0.2) is 12.3 Å². The molecular weight excluding hydrogens is 218 g/mol. The van der Waals surface area contributed by atoms with Crippen molar-refractivity contribution >= 4 is 0 Å². The monoisotopic (exact) mass is 239 g/mol. The summed E-state index contributed by atoms with van der Waals surface area (Å²) < 4.78 is 12.8. The van der Waals surface area contributed by atoms with E-state index in [4.69, 9.17) is 9.47 Å². The molecule has 96 valence electrons. The molecule has 0 bridgehead atoms. The van der Waals surface area contributed by atoms with Gasteiger partial charge in [-0.05, 0) is 12.6 Å². The topological polar surface area (TPSA) is 48.3 Å². The Labute approximate surface area is 102 Å². The smallest absolute Gasteiger partial charge is 0.159 e. The van der Waals surface area contributed by atoms with Crippen molar-refractivity contribution in [3.8, 4) is 0 Å². The lowest BCUT2D eigenvalue weighted by atomic mass is 10.1. The summed E-state index contributed by atoms with van der Waals surface area (Å²) in [5, 5.41) is 7.86. The molecule has 5 nitrogen and oxygen atoms in total. The lowest BCUT2D eigenvalue weighted by molar-refractivity contribution is -0.0526. The van der Waals surface area contributed by atoms with Gasteiger partial charge >= 0.3 is 0 Å². The first-order valence-electron chi connectivity index (χ1n) is 6.23. The maximum atomic E-state index is 5.48. The molecule has 1 aromatic heterocycles. The number of aromatic nitrogens is 2. The minimum Gasteiger partial charge on any atom is -0.350 e. The van der Waals surface area contributed by atoms with Gasteiger partial charge < -0.3 is 14.8 Å². The van der Waals surface area contributed by atoms with Gasteiger partial charge in [0, 0.05) is 32.1 Å². The Balaban J connectivity index is 1.87. The average molecular weight is 239 g/mol. The highest BCUT2D eigenvalue weighted by Crippen LogP contribution is 2.13. The third-order valence-corrected chi connectivity index (χ3v) is 2.88. The molecule has 1 aliphatic rings. The first-order valence-corrected chi connectivity index (χ1v) is 6.23. The van der Waals surface area contributed by atoms with E-state index in [2.05, 4.69) is 23.4 Å². The number of nitrogens with one attached hydrogen (secondary N) is 1. The van der Waals surface area contributed by atoms with E-state index in [9.17, 15) is 0 Å². The molecule has 1 saturated heterocycles. The summed E-state index contributed by atoms with van der Waals surface area (Å²) in [6, 6.07) is 2.42. The van der Waals surface area contributed by atoms with Gasteiger partial charge in [-0.2, -0.15) is 5.10 Å². The van der Waals surface area contributed by atoms with Gasteiger partial charge in [-0.3, -0.25) is 4.68 Å². The first kappa shape index (κ1) is 12.5. The second kappa shape index (κ2) is 6.14. The van der Waals surface area contributed by atoms with Crippen molar-refractivity contribution in [3.63, 3.8) is 0 Å². The van der Waals surface area contributed by atoms with Crippen molar-refractivity contribution < 1.29 is 9.47 Å². The van der Waals surface area contributed by atoms with Crippen LogP contribution < -0.4 is 5.32 Å². The van der Waals surface area contributed by atoms with Crippen molar-refractivity contribution in [2.24, 2.45) is 7.05 Å². The molecule has 1 unspecified atom stereocenters. The molecule has 0 amide bonds. The summed E-state index contributed by atoms with van der Waals surface area (Å²) >= 11 is 0. The van der Waals surface area contributed by atoms with Gasteiger partial charge in [0.25, 0.3) is 0 Å². The van der Waals surface area contributed by atoms with Gasteiger partial charge in [0.2, 0.25) is 0 Å². The molecule has 0 aromatic carbocycles. The van der Waals surface area contributed by atoms with E-state index in [0.717, 1.165) is 25.1 Å². The molecular formula is C12H21N3O2. The zero-order chi connectivity index (χ0) is 12.1. The van der Waals surface area contributed by atoms with Crippen LogP contribution in [0.25, 0.3) is 0 Å². The number of hydrogen-bond acceptors (Lipinski definition) is 4. The lowest BCUT2D eigenvalue weighted by Crippen LogP contribution is -2.35. The quantitative estimate of drug-likeness (QED) is 0.794. The molecule has 0 saturated carbocycles. The van der Waals surface area contributed by atoms with Crippen LogP contribution in [0, 0.1) is 0 Å². The summed E-state index contributed by atoms with van der Waals surface area (Å²) in [6.07, 6.45) is 3.71. The summed E-state index contributed by atoms with van der Waals surface area (Å²) in [4.78, 5) is 0. The van der Waals surface area contributed by atoms with Gasteiger partial charge in [0.1, 0.15) is 0 Å². The third kappa shape index (κ3) is 3.80. The number of rotatable bonds is 6. The Hall–Kier alpha value is -0.910. The second-order valence-electron chi connectivity index (χ2n) is 4.35. The maximum Gasteiger partial charge on any atom is 0.159 e. The number of nitrogens with zero attached hydrogens (tertiary/aromatic N) is 2. The van der Waals surface area contributed by atoms with Crippen LogP contribution in [0.1, 0.15) is 19.0 Å². The number of ether oxygens (including phenoxy) is 2. The molecule has 1 aromatic rings. The van der Waals surface area contributed by atoms with Gasteiger partial charge in [-0.25, -0.2) is 0 Å². The molecule has 1 N–H and O–H groups in total. The predicted octanol–water partition coefficient (Wildman–Crippen LogP) is 0.704. The van der Waals surface area contributed by atoms with Gasteiger partial charge in [0.15, 0.2) is 6.29 Å². The summed E-state index contributed by atoms with van der Waals surface area (Å²) in [5.74, 6) is 0. The van der Waals surface area contributed by atoms with Crippen LogP contribution in [-0.4, -0.2) is 41.9 Å². The fraction of sp³-hybridized carbons (Fsp3) is 0.750. The Kier molecular flexibility index (Phi) is 4.53. The highest BCUT2D eigenvalue weighted by atomic mass is 16.7. The normalized spacial score (nSPS) is 18.7. The first-order chi connectivity index (χ1) is 8.28. The average Bonchev–Trinajstić information content (AvgIpc) is 2.91. The van der Waals surface area contributed by atoms with E-state index in [0.29, 0.717) is 19.3 Å². The molecule has 1 atom stereocenters. The molecule has 1 fully saturated rings. The Morgan fingerprint density at radius 3 is 2.88 bits per heavy atom. The van der Waals surface area contributed by atoms with E-state index < -0.39 is 0 Å². The van der Waals surface area contributed by atoms with Gasteiger partial charge in [0.05, 0.1) is 18.9 Å². The summed E-state index contributed by atoms with van der Waals surface area (Å²) in [6.45, 7) is 4.49. The number of aryl methyl sites for hydroxylation is 1. The molecule has 1 aliphatic heterocycles. The second-order valence-corrected chi connectivity index (χ2v) is 4.35. The van der Waals surface area contributed by atoms with Crippen LogP contribution >= 0.6 is 0 Å². The Morgan fingerprint density at radius 2 is 2.29 bits per heavy atom. The van der Waals surface area contributed by atoms with E-state index in [1.807, 2.05) is 17.9 Å². The standard InChI is InChI=1S/C12H21N3O2/c1-3-13-11(9-12-16-6-7-17-12)8-10-4-5-15(2)14-10/h4-5,11-13H,3,6-9H2,1-2H3. The van der Waals surface area contributed by atoms with Crippen LogP contribution in [0.5, 0.6) is 0 Å². The van der Waals surface area contributed by atoms with Crippen LogP contribution in [0.2, 0.25) is 0 Å². The van der Waals surface area contributed by atoms with E-state index in [1.54, 1.807) is 0 Å². The minimum atomic E-state index is -0.0530. The van der Waals surface area contributed by atoms with Crippen molar-refractivity contribution in [3.05, 3.63) is 18.0 Å². The summed E-state index contributed by atoms with van der Waals surface area (Å²) in [5.41, 5.74) is 1.11. The largest absolute Gasteiger partial charge is 0.350 e. The fourth-order valence-corrected chi connectivity index (χ4v) is 2.13. The third-order valence-electron chi connectivity index (χ3n) is 2.88. The van der Waals surface area contributed by atoms with E-state index in [1.165, 1.54) is 0 Å². The van der Waals surface area contributed by atoms with E-state index in [-0.39, 0.29) is 6.29 Å². The molecule has 2 heterocycles. The molecule has 0 aliphatic carbocycles. The Morgan fingerprint density at radius 1 is 1.53 bits per heavy atom. The maximum absolute atomic E-state index is 5.48. The number of hydrogen-bond donors (Lipinski definition) is 1. The van der Waals surface area contributed by atoms with Crippen molar-refractivity contribution in [1.82, 2.24) is 15.1 Å². The molecule has 5 heteroatoms. The zero-order valence-electron chi connectivity index (χ0n) is 10.6.